The van der Waals surface area contributed by atoms with Crippen LogP contribution in [0.5, 0.6) is 0 Å². The third-order valence-electron chi connectivity index (χ3n) is 9.70. The van der Waals surface area contributed by atoms with Crippen molar-refractivity contribution in [1.82, 2.24) is 20.0 Å². The Bertz CT molecular complexity index is 1670. The van der Waals surface area contributed by atoms with Crippen molar-refractivity contribution < 1.29 is 46.6 Å². The lowest BCUT2D eigenvalue weighted by Gasteiger charge is -2.41. The first-order valence-electron chi connectivity index (χ1n) is 16.6. The van der Waals surface area contributed by atoms with E-state index in [4.69, 9.17) is 14.2 Å². The molecule has 268 valence electrons. The number of ether oxygens (including phenoxy) is 3. The fourth-order valence-electron chi connectivity index (χ4n) is 7.10. The number of benzene rings is 2. The maximum Gasteiger partial charge on any atom is 0.416 e. The second-order valence-electron chi connectivity index (χ2n) is 14.2. The number of halogens is 3. The van der Waals surface area contributed by atoms with E-state index in [-0.39, 0.29) is 31.9 Å². The summed E-state index contributed by atoms with van der Waals surface area (Å²) < 4.78 is 57.1. The predicted molar refractivity (Wildman–Crippen MR) is 173 cm³/mol. The molecule has 0 aromatic heterocycles. The van der Waals surface area contributed by atoms with Gasteiger partial charge in [0.2, 0.25) is 0 Å². The Kier molecular flexibility index (Phi) is 9.25. The van der Waals surface area contributed by atoms with Crippen LogP contribution in [0.1, 0.15) is 50.3 Å². The van der Waals surface area contributed by atoms with E-state index in [1.807, 2.05) is 30.3 Å². The average Bonchev–Trinajstić information content (AvgIpc) is 3.64. The first-order chi connectivity index (χ1) is 23.6. The topological polar surface area (TPSA) is 118 Å². The molecule has 2 aromatic rings. The van der Waals surface area contributed by atoms with Gasteiger partial charge in [-0.3, -0.25) is 14.5 Å². The number of piperazine rings is 1. The highest BCUT2D eigenvalue weighted by Crippen LogP contribution is 2.53. The number of carbonyl (C=O) groups excluding carboxylic acids is 4. The zero-order valence-corrected chi connectivity index (χ0v) is 28.4. The number of fused-ring (bicyclic) bond motifs is 1. The molecule has 6 rings (SSSR count). The second-order valence-corrected chi connectivity index (χ2v) is 14.2. The Morgan fingerprint density at radius 1 is 1.02 bits per heavy atom. The number of rotatable bonds is 8. The summed E-state index contributed by atoms with van der Waals surface area (Å²) in [5, 5.41) is 3.05. The van der Waals surface area contributed by atoms with Crippen LogP contribution in [0.3, 0.4) is 0 Å². The Labute approximate surface area is 288 Å². The Hall–Kier alpha value is -4.75. The predicted octanol–water partition coefficient (Wildman–Crippen LogP) is 4.85. The minimum Gasteiger partial charge on any atom is -0.469 e. The molecule has 3 fully saturated rings. The molecule has 11 nitrogen and oxygen atoms in total. The number of amides is 3. The van der Waals surface area contributed by atoms with Gasteiger partial charge in [-0.05, 0) is 69.4 Å². The van der Waals surface area contributed by atoms with Gasteiger partial charge in [-0.1, -0.05) is 42.5 Å². The van der Waals surface area contributed by atoms with Crippen LogP contribution in [0.25, 0.3) is 0 Å². The molecule has 1 N–H and O–H groups in total. The molecular weight excluding hydrogens is 657 g/mol. The average molecular weight is 699 g/mol. The molecule has 2 unspecified atom stereocenters. The number of cyclic esters (lactones) is 1. The van der Waals surface area contributed by atoms with Crippen molar-refractivity contribution >= 4 is 24.1 Å². The van der Waals surface area contributed by atoms with Gasteiger partial charge in [0.25, 0.3) is 5.91 Å². The van der Waals surface area contributed by atoms with Crippen LogP contribution in [0, 0.1) is 5.92 Å². The molecular formula is C36H41F3N4O7. The van der Waals surface area contributed by atoms with Crippen molar-refractivity contribution in [3.05, 3.63) is 83.1 Å². The lowest BCUT2D eigenvalue weighted by molar-refractivity contribution is -0.145. The van der Waals surface area contributed by atoms with Gasteiger partial charge in [0.15, 0.2) is 0 Å². The lowest BCUT2D eigenvalue weighted by atomic mass is 9.98. The van der Waals surface area contributed by atoms with Gasteiger partial charge in [0.1, 0.15) is 11.7 Å². The highest BCUT2D eigenvalue weighted by atomic mass is 19.4. The van der Waals surface area contributed by atoms with E-state index < -0.39 is 71.0 Å². The lowest BCUT2D eigenvalue weighted by Crippen LogP contribution is -2.57. The molecule has 1 aliphatic carbocycles. The van der Waals surface area contributed by atoms with Crippen molar-refractivity contribution in [2.45, 2.75) is 75.5 Å². The summed E-state index contributed by atoms with van der Waals surface area (Å²) in [6.07, 6.45) is -3.76. The van der Waals surface area contributed by atoms with Gasteiger partial charge in [-0.25, -0.2) is 9.59 Å². The number of carbonyl (C=O) groups is 4. The van der Waals surface area contributed by atoms with Crippen LogP contribution in [-0.2, 0) is 41.9 Å². The highest BCUT2D eigenvalue weighted by Gasteiger charge is 2.57. The number of nitrogens with zero attached hydrogens (tertiary/aromatic N) is 3. The minimum atomic E-state index is -4.53. The van der Waals surface area contributed by atoms with Crippen LogP contribution < -0.4 is 5.32 Å². The summed E-state index contributed by atoms with van der Waals surface area (Å²) in [5.74, 6) is -1.89. The smallest absolute Gasteiger partial charge is 0.416 e. The molecule has 1 saturated carbocycles. The van der Waals surface area contributed by atoms with E-state index in [0.29, 0.717) is 24.8 Å². The zero-order chi connectivity index (χ0) is 36.0. The van der Waals surface area contributed by atoms with Crippen molar-refractivity contribution in [3.8, 4) is 0 Å². The SMILES string of the molecule is COC(=O)C1C=C(C(=O)N[C@@H](Cc2ccccc2)[C@H]2CN(C3(c4cccc(C(F)(F)F)c4)CC3)C(=O)O2)N2CCN(C(=O)OC(C)(C)C)CC12. The number of hydrogen-bond donors (Lipinski definition) is 1. The molecule has 2 aromatic carbocycles. The van der Waals surface area contributed by atoms with Gasteiger partial charge in [0, 0.05) is 19.6 Å². The number of methoxy groups -OCH3 is 1. The molecule has 3 heterocycles. The Morgan fingerprint density at radius 2 is 1.74 bits per heavy atom. The minimum absolute atomic E-state index is 0.0495. The van der Waals surface area contributed by atoms with E-state index in [1.165, 1.54) is 23.0 Å². The molecule has 4 atom stereocenters. The van der Waals surface area contributed by atoms with Crippen LogP contribution in [0.4, 0.5) is 22.8 Å². The Balaban J connectivity index is 1.23. The van der Waals surface area contributed by atoms with Crippen LogP contribution in [0.2, 0.25) is 0 Å². The summed E-state index contributed by atoms with van der Waals surface area (Å²) in [7, 11) is 1.26. The molecule has 2 saturated heterocycles. The fraction of sp³-hybridized carbons (Fsp3) is 0.500. The second kappa shape index (κ2) is 13.2. The maximum absolute atomic E-state index is 14.1. The monoisotopic (exact) mass is 698 g/mol. The van der Waals surface area contributed by atoms with Gasteiger partial charge in [-0.15, -0.1) is 0 Å². The first-order valence-corrected chi connectivity index (χ1v) is 16.6. The number of hydrogen-bond acceptors (Lipinski definition) is 8. The fourth-order valence-corrected chi connectivity index (χ4v) is 7.10. The van der Waals surface area contributed by atoms with E-state index >= 15 is 0 Å². The first kappa shape index (κ1) is 35.1. The van der Waals surface area contributed by atoms with Crippen LogP contribution >= 0.6 is 0 Å². The third kappa shape index (κ3) is 7.10. The van der Waals surface area contributed by atoms with Crippen molar-refractivity contribution in [1.29, 1.82) is 0 Å². The quantitative estimate of drug-likeness (QED) is 0.307. The van der Waals surface area contributed by atoms with Crippen molar-refractivity contribution in [2.24, 2.45) is 5.92 Å². The van der Waals surface area contributed by atoms with E-state index in [1.54, 1.807) is 37.8 Å². The van der Waals surface area contributed by atoms with E-state index in [9.17, 15) is 32.3 Å². The largest absolute Gasteiger partial charge is 0.469 e. The van der Waals surface area contributed by atoms with Crippen molar-refractivity contribution in [2.75, 3.05) is 33.3 Å². The summed E-state index contributed by atoms with van der Waals surface area (Å²) in [6.45, 7) is 5.98. The number of alkyl halides is 3. The summed E-state index contributed by atoms with van der Waals surface area (Å²) in [4.78, 5) is 58.1. The van der Waals surface area contributed by atoms with Gasteiger partial charge >= 0.3 is 24.3 Å². The summed E-state index contributed by atoms with van der Waals surface area (Å²) >= 11 is 0. The third-order valence-corrected chi connectivity index (χ3v) is 9.70. The zero-order valence-electron chi connectivity index (χ0n) is 28.4. The number of nitrogens with one attached hydrogen (secondary N) is 1. The van der Waals surface area contributed by atoms with Gasteiger partial charge < -0.3 is 29.3 Å². The van der Waals surface area contributed by atoms with Crippen molar-refractivity contribution in [3.63, 3.8) is 0 Å². The molecule has 3 aliphatic heterocycles. The summed E-state index contributed by atoms with van der Waals surface area (Å²) in [6, 6.07) is 13.0. The normalized spacial score (nSPS) is 23.4. The summed E-state index contributed by atoms with van der Waals surface area (Å²) in [5.41, 5.74) is -0.958. The molecule has 4 aliphatic rings. The Morgan fingerprint density at radius 3 is 2.38 bits per heavy atom. The van der Waals surface area contributed by atoms with Gasteiger partial charge in [0.05, 0.1) is 48.5 Å². The van der Waals surface area contributed by atoms with E-state index in [2.05, 4.69) is 5.32 Å². The number of esters is 1. The molecule has 3 amide bonds. The van der Waals surface area contributed by atoms with Crippen LogP contribution in [0.15, 0.2) is 66.4 Å². The molecule has 0 spiro atoms. The van der Waals surface area contributed by atoms with Crippen LogP contribution in [-0.4, -0.2) is 95.8 Å². The molecule has 14 heteroatoms. The molecule has 0 bridgehead atoms. The molecule has 0 radical (unpaired) electrons. The standard InChI is InChI=1S/C36H41F3N4O7/c1-34(2,3)50-32(46)41-15-16-42-27(19-25(28(42)20-41)31(45)48-4)30(44)40-26(17-22-9-6-5-7-10-22)29-21-43(33(47)49-29)35(13-14-35)23-11-8-12-24(18-23)36(37,38)39/h5-12,18-19,25-26,28-29H,13-17,20-21H2,1-4H3,(H,40,44)/t25?,26-,28?,29+/m0/s1. The van der Waals surface area contributed by atoms with E-state index in [0.717, 1.165) is 17.7 Å². The maximum atomic E-state index is 14.1. The highest BCUT2D eigenvalue weighted by molar-refractivity contribution is 5.95. The molecule has 50 heavy (non-hydrogen) atoms. The van der Waals surface area contributed by atoms with Gasteiger partial charge in [-0.2, -0.15) is 13.2 Å².